The van der Waals surface area contributed by atoms with Crippen LogP contribution in [0.15, 0.2) is 123 Å². The molecule has 0 aliphatic carbocycles. The van der Waals surface area contributed by atoms with Crippen LogP contribution in [0, 0.1) is 0 Å². The number of aliphatic hydroxyl groups excluding tert-OH is 2. The van der Waals surface area contributed by atoms with Gasteiger partial charge in [-0.2, -0.15) is 0 Å². The molecule has 2 heterocycles. The molecule has 0 amide bonds. The number of hydrogen-bond acceptors (Lipinski definition) is 11. The van der Waals surface area contributed by atoms with Crippen LogP contribution in [0.2, 0.25) is 0 Å². The minimum Gasteiger partial charge on any atom is -0.494 e. The summed E-state index contributed by atoms with van der Waals surface area (Å²) in [4.78, 5) is 39.6. The van der Waals surface area contributed by atoms with Crippen molar-refractivity contribution < 1.29 is 43.8 Å². The van der Waals surface area contributed by atoms with Crippen molar-refractivity contribution in [2.45, 2.75) is 84.0 Å². The minimum absolute atomic E-state index is 0.0185. The zero-order valence-corrected chi connectivity index (χ0v) is 36.0. The average molecular weight is 839 g/mol. The van der Waals surface area contributed by atoms with Crippen LogP contribution in [0.1, 0.15) is 82.3 Å². The van der Waals surface area contributed by atoms with Gasteiger partial charge in [0.15, 0.2) is 5.78 Å². The Morgan fingerprint density at radius 3 is 1.46 bits per heavy atom. The van der Waals surface area contributed by atoms with Crippen LogP contribution >= 0.6 is 0 Å². The second-order valence-corrected chi connectivity index (χ2v) is 13.9. The smallest absolute Gasteiger partial charge is 0.330 e. The van der Waals surface area contributed by atoms with Crippen molar-refractivity contribution in [3.05, 3.63) is 134 Å². The molecule has 0 fully saturated rings. The monoisotopic (exact) mass is 838 g/mol. The number of allylic oxidation sites excluding steroid dienone is 1. The van der Waals surface area contributed by atoms with Gasteiger partial charge >= 0.3 is 5.97 Å². The standard InChI is InChI=1S/C26H33NO5.C20H27NO3.C4H6O/c1-3-17-31-32-20-9-10-22-11-16-25(27-21-22)23-12-14-24(15-13-23)29-18-7-5-6-8-19-30-26(28)4-2;22-13-3-1-2-4-15-24-19-10-8-18(9-11-19)20-12-7-17(16-21-20)6-5-14-23;1-3-4(2)5/h3-4,11-16,21H,1-2,5-10,17-20H2;7-12,16,22-23H,1-6,13-15H2;3H,1H2,2H3. The number of ether oxygens (including phenoxy) is 3. The first kappa shape index (κ1) is 51.7. The first-order valence-corrected chi connectivity index (χ1v) is 21.2. The van der Waals surface area contributed by atoms with E-state index in [2.05, 4.69) is 41.8 Å². The summed E-state index contributed by atoms with van der Waals surface area (Å²) in [6, 6.07) is 24.2. The van der Waals surface area contributed by atoms with Gasteiger partial charge in [-0.05, 0) is 155 Å². The van der Waals surface area contributed by atoms with Crippen molar-refractivity contribution in [2.75, 3.05) is 46.2 Å². The van der Waals surface area contributed by atoms with Crippen LogP contribution in [0.25, 0.3) is 22.5 Å². The molecule has 0 aliphatic heterocycles. The van der Waals surface area contributed by atoms with Gasteiger partial charge in [-0.3, -0.25) is 14.8 Å². The maximum Gasteiger partial charge on any atom is 0.330 e. The summed E-state index contributed by atoms with van der Waals surface area (Å²) in [5.41, 5.74) is 6.31. The number of carbonyl (C=O) groups is 2. The van der Waals surface area contributed by atoms with E-state index in [1.54, 1.807) is 6.08 Å². The molecule has 2 aromatic carbocycles. The van der Waals surface area contributed by atoms with E-state index in [9.17, 15) is 9.59 Å². The van der Waals surface area contributed by atoms with Crippen molar-refractivity contribution in [1.82, 2.24) is 9.97 Å². The van der Waals surface area contributed by atoms with Crippen molar-refractivity contribution >= 4 is 11.8 Å². The predicted molar refractivity (Wildman–Crippen MR) is 242 cm³/mol. The molecule has 61 heavy (non-hydrogen) atoms. The quantitative estimate of drug-likeness (QED) is 0.0135. The summed E-state index contributed by atoms with van der Waals surface area (Å²) in [5, 5.41) is 17.6. The fourth-order valence-electron chi connectivity index (χ4n) is 5.44. The molecule has 0 saturated heterocycles. The fraction of sp³-hybridized carbons (Fsp3) is 0.400. The fourth-order valence-corrected chi connectivity index (χ4v) is 5.44. The molecule has 11 nitrogen and oxygen atoms in total. The van der Waals surface area contributed by atoms with Crippen LogP contribution in [-0.2, 0) is 36.9 Å². The summed E-state index contributed by atoms with van der Waals surface area (Å²) < 4.78 is 16.5. The molecular formula is C50H66N2O9. The summed E-state index contributed by atoms with van der Waals surface area (Å²) >= 11 is 0. The normalized spacial score (nSPS) is 10.3. The number of aliphatic hydroxyl groups is 2. The van der Waals surface area contributed by atoms with Gasteiger partial charge in [0.05, 0.1) is 37.8 Å². The van der Waals surface area contributed by atoms with E-state index in [0.29, 0.717) is 33.0 Å². The van der Waals surface area contributed by atoms with Gasteiger partial charge in [0.25, 0.3) is 0 Å². The van der Waals surface area contributed by atoms with Crippen molar-refractivity contribution in [2.24, 2.45) is 0 Å². The number of esters is 1. The summed E-state index contributed by atoms with van der Waals surface area (Å²) in [7, 11) is 0. The van der Waals surface area contributed by atoms with Gasteiger partial charge < -0.3 is 24.4 Å². The molecule has 2 aromatic heterocycles. The number of aryl methyl sites for hydroxylation is 2. The van der Waals surface area contributed by atoms with Crippen LogP contribution in [0.3, 0.4) is 0 Å². The first-order valence-electron chi connectivity index (χ1n) is 21.2. The zero-order chi connectivity index (χ0) is 44.2. The van der Waals surface area contributed by atoms with Crippen LogP contribution in [0.5, 0.6) is 11.5 Å². The number of ketones is 1. The van der Waals surface area contributed by atoms with Gasteiger partial charge in [-0.25, -0.2) is 14.6 Å². The average Bonchev–Trinajstić information content (AvgIpc) is 3.30. The zero-order valence-electron chi connectivity index (χ0n) is 36.0. The molecule has 0 aliphatic rings. The molecule has 11 heteroatoms. The van der Waals surface area contributed by atoms with E-state index >= 15 is 0 Å². The molecule has 0 radical (unpaired) electrons. The molecule has 0 bridgehead atoms. The second-order valence-electron chi connectivity index (χ2n) is 13.9. The van der Waals surface area contributed by atoms with Gasteiger partial charge in [0.1, 0.15) is 18.1 Å². The van der Waals surface area contributed by atoms with Gasteiger partial charge in [-0.1, -0.05) is 37.8 Å². The van der Waals surface area contributed by atoms with E-state index < -0.39 is 0 Å². The minimum atomic E-state index is -0.362. The van der Waals surface area contributed by atoms with Crippen LogP contribution in [-0.4, -0.2) is 78.2 Å². The summed E-state index contributed by atoms with van der Waals surface area (Å²) in [5.74, 6) is 1.38. The SMILES string of the molecule is C=CC(C)=O.C=CCOOCCCc1ccc(-c2ccc(OCCCCCCOC(=O)C=C)cc2)nc1.OCCCCCCOc1ccc(-c2ccc(CCCO)cn2)cc1. The number of carbonyl (C=O) groups excluding carboxylic acids is 2. The van der Waals surface area contributed by atoms with Crippen molar-refractivity contribution in [3.63, 3.8) is 0 Å². The lowest BCUT2D eigenvalue weighted by molar-refractivity contribution is -0.286. The number of hydrogen-bond donors (Lipinski definition) is 2. The van der Waals surface area contributed by atoms with Crippen molar-refractivity contribution in [1.29, 1.82) is 0 Å². The predicted octanol–water partition coefficient (Wildman–Crippen LogP) is 9.85. The Morgan fingerprint density at radius 2 is 1.03 bits per heavy atom. The molecule has 330 valence electrons. The molecule has 4 rings (SSSR count). The Bertz CT molecular complexity index is 1760. The van der Waals surface area contributed by atoms with Gasteiger partial charge in [-0.15, -0.1) is 6.58 Å². The molecule has 2 N–H and O–H groups in total. The first-order chi connectivity index (χ1) is 29.8. The maximum atomic E-state index is 10.9. The number of benzene rings is 2. The lowest BCUT2D eigenvalue weighted by Crippen LogP contribution is -2.02. The Morgan fingerprint density at radius 1 is 0.557 bits per heavy atom. The maximum absolute atomic E-state index is 10.9. The third-order valence-corrected chi connectivity index (χ3v) is 8.86. The number of aromatic nitrogens is 2. The number of pyridine rings is 2. The highest BCUT2D eigenvalue weighted by molar-refractivity contribution is 5.86. The third kappa shape index (κ3) is 25.0. The second kappa shape index (κ2) is 34.3. The lowest BCUT2D eigenvalue weighted by atomic mass is 10.1. The highest BCUT2D eigenvalue weighted by Crippen LogP contribution is 2.23. The van der Waals surface area contributed by atoms with Gasteiger partial charge in [0, 0.05) is 42.8 Å². The molecular weight excluding hydrogens is 773 g/mol. The Balaban J connectivity index is 0.000000390. The van der Waals surface area contributed by atoms with E-state index in [-0.39, 0.29) is 25.0 Å². The number of nitrogens with zero attached hydrogens (tertiary/aromatic N) is 2. The van der Waals surface area contributed by atoms with Crippen LogP contribution < -0.4 is 9.47 Å². The summed E-state index contributed by atoms with van der Waals surface area (Å²) in [6.07, 6.45) is 19.2. The topological polar surface area (TPSA) is 147 Å². The van der Waals surface area contributed by atoms with E-state index in [4.69, 9.17) is 34.2 Å². The van der Waals surface area contributed by atoms with E-state index in [1.807, 2.05) is 73.1 Å². The lowest BCUT2D eigenvalue weighted by Gasteiger charge is -2.08. The molecule has 4 aromatic rings. The third-order valence-electron chi connectivity index (χ3n) is 8.86. The highest BCUT2D eigenvalue weighted by atomic mass is 17.2. The highest BCUT2D eigenvalue weighted by Gasteiger charge is 2.04. The summed E-state index contributed by atoms with van der Waals surface area (Å²) in [6.45, 7) is 14.9. The molecule has 0 saturated carbocycles. The Kier molecular flexibility index (Phi) is 29.0. The van der Waals surface area contributed by atoms with Crippen molar-refractivity contribution in [3.8, 4) is 34.0 Å². The largest absolute Gasteiger partial charge is 0.494 e. The molecule has 0 spiro atoms. The van der Waals surface area contributed by atoms with E-state index in [0.717, 1.165) is 117 Å². The number of rotatable bonds is 29. The van der Waals surface area contributed by atoms with E-state index in [1.165, 1.54) is 24.6 Å². The number of unbranched alkanes of at least 4 members (excludes halogenated alkanes) is 6. The van der Waals surface area contributed by atoms with Gasteiger partial charge in [0.2, 0.25) is 0 Å². The Hall–Kier alpha value is -5.46. The Labute approximate surface area is 363 Å². The molecule has 0 atom stereocenters. The molecule has 0 unspecified atom stereocenters. The van der Waals surface area contributed by atoms with Crippen LogP contribution in [0.4, 0.5) is 0 Å².